The summed E-state index contributed by atoms with van der Waals surface area (Å²) < 4.78 is 0. The molecule has 1 fully saturated rings. The van der Waals surface area contributed by atoms with Gasteiger partial charge in [0.2, 0.25) is 11.8 Å². The maximum absolute atomic E-state index is 12.2. The molecule has 0 radical (unpaired) electrons. The Morgan fingerprint density at radius 2 is 1.95 bits per heavy atom. The van der Waals surface area contributed by atoms with Crippen LogP contribution < -0.4 is 4.90 Å². The maximum Gasteiger partial charge on any atom is 0.337 e. The number of aromatic carboxylic acids is 1. The molecule has 5 nitrogen and oxygen atoms in total. The number of nitrogens with zero attached hydrogens (tertiary/aromatic N) is 1. The Labute approximate surface area is 110 Å². The van der Waals surface area contributed by atoms with Crippen LogP contribution in [0.2, 0.25) is 0 Å². The molecule has 100 valence electrons. The second-order valence-corrected chi connectivity index (χ2v) is 5.42. The van der Waals surface area contributed by atoms with Gasteiger partial charge in [-0.2, -0.15) is 0 Å². The van der Waals surface area contributed by atoms with Crippen molar-refractivity contribution in [3.8, 4) is 0 Å². The SMILES string of the molecule is Cc1ccc(N2C(=O)CC(C)(C)C2=O)c(C(=O)O)c1. The smallest absolute Gasteiger partial charge is 0.337 e. The lowest BCUT2D eigenvalue weighted by Crippen LogP contribution is -2.34. The Balaban J connectivity index is 2.57. The van der Waals surface area contributed by atoms with Crippen LogP contribution in [0.4, 0.5) is 5.69 Å². The minimum Gasteiger partial charge on any atom is -0.478 e. The molecule has 0 aromatic heterocycles. The Hall–Kier alpha value is -2.17. The number of carbonyl (C=O) groups excluding carboxylic acids is 2. The van der Waals surface area contributed by atoms with Gasteiger partial charge in [-0.15, -0.1) is 0 Å². The first-order valence-electron chi connectivity index (χ1n) is 5.95. The van der Waals surface area contributed by atoms with Gasteiger partial charge < -0.3 is 5.11 Å². The number of hydrogen-bond acceptors (Lipinski definition) is 3. The van der Waals surface area contributed by atoms with Crippen LogP contribution in [0, 0.1) is 12.3 Å². The van der Waals surface area contributed by atoms with E-state index in [2.05, 4.69) is 0 Å². The summed E-state index contributed by atoms with van der Waals surface area (Å²) in [5, 5.41) is 9.20. The number of carbonyl (C=O) groups is 3. The van der Waals surface area contributed by atoms with E-state index in [0.717, 1.165) is 10.5 Å². The molecule has 0 spiro atoms. The topological polar surface area (TPSA) is 74.7 Å². The molecule has 1 aliphatic rings. The van der Waals surface area contributed by atoms with Gasteiger partial charge in [-0.05, 0) is 19.1 Å². The fraction of sp³-hybridized carbons (Fsp3) is 0.357. The minimum atomic E-state index is -1.15. The molecule has 19 heavy (non-hydrogen) atoms. The van der Waals surface area contributed by atoms with E-state index in [1.807, 2.05) is 0 Å². The molecule has 2 rings (SSSR count). The minimum absolute atomic E-state index is 0.0283. The van der Waals surface area contributed by atoms with E-state index in [4.69, 9.17) is 0 Å². The highest BCUT2D eigenvalue weighted by Gasteiger charge is 2.46. The molecular formula is C14H15NO4. The lowest BCUT2D eigenvalue weighted by molar-refractivity contribution is -0.124. The monoisotopic (exact) mass is 261 g/mol. The molecule has 0 bridgehead atoms. The maximum atomic E-state index is 12.2. The van der Waals surface area contributed by atoms with Crippen LogP contribution in [-0.2, 0) is 9.59 Å². The Morgan fingerprint density at radius 1 is 1.32 bits per heavy atom. The quantitative estimate of drug-likeness (QED) is 0.826. The summed E-state index contributed by atoms with van der Waals surface area (Å²) in [4.78, 5) is 36.4. The molecule has 1 N–H and O–H groups in total. The largest absolute Gasteiger partial charge is 0.478 e. The number of hydrogen-bond donors (Lipinski definition) is 1. The van der Waals surface area contributed by atoms with Crippen LogP contribution >= 0.6 is 0 Å². The number of benzene rings is 1. The van der Waals surface area contributed by atoms with Crippen LogP contribution in [0.15, 0.2) is 18.2 Å². The molecule has 5 heteroatoms. The van der Waals surface area contributed by atoms with Crippen molar-refractivity contribution in [3.63, 3.8) is 0 Å². The van der Waals surface area contributed by atoms with E-state index in [1.165, 1.54) is 12.1 Å². The number of anilines is 1. The van der Waals surface area contributed by atoms with Gasteiger partial charge in [0.05, 0.1) is 16.7 Å². The molecule has 2 amide bonds. The van der Waals surface area contributed by atoms with Crippen LogP contribution in [-0.4, -0.2) is 22.9 Å². The molecular weight excluding hydrogens is 246 g/mol. The van der Waals surface area contributed by atoms with Crippen molar-refractivity contribution in [3.05, 3.63) is 29.3 Å². The zero-order valence-electron chi connectivity index (χ0n) is 11.1. The predicted molar refractivity (Wildman–Crippen MR) is 69.0 cm³/mol. The first-order valence-corrected chi connectivity index (χ1v) is 5.95. The first-order chi connectivity index (χ1) is 8.74. The van der Waals surface area contributed by atoms with Gasteiger partial charge in [-0.1, -0.05) is 25.5 Å². The van der Waals surface area contributed by atoms with Gasteiger partial charge in [0, 0.05) is 6.42 Å². The van der Waals surface area contributed by atoms with Crippen molar-refractivity contribution in [2.45, 2.75) is 27.2 Å². The standard InChI is InChI=1S/C14H15NO4/c1-8-4-5-10(9(6-8)12(17)18)15-11(16)7-14(2,3)13(15)19/h4-6H,7H2,1-3H3,(H,17,18). The lowest BCUT2D eigenvalue weighted by Gasteiger charge is -2.19. The number of rotatable bonds is 2. The molecule has 1 aromatic rings. The second-order valence-electron chi connectivity index (χ2n) is 5.42. The summed E-state index contributed by atoms with van der Waals surface area (Å²) in [6.07, 6.45) is 0.0960. The first kappa shape index (κ1) is 13.3. The fourth-order valence-electron chi connectivity index (χ4n) is 2.21. The molecule has 0 atom stereocenters. The van der Waals surface area contributed by atoms with E-state index in [1.54, 1.807) is 26.8 Å². The van der Waals surface area contributed by atoms with Crippen LogP contribution in [0.5, 0.6) is 0 Å². The second kappa shape index (κ2) is 4.19. The summed E-state index contributed by atoms with van der Waals surface area (Å²) in [6, 6.07) is 4.66. The van der Waals surface area contributed by atoms with E-state index >= 15 is 0 Å². The van der Waals surface area contributed by atoms with Crippen molar-refractivity contribution in [1.29, 1.82) is 0 Å². The van der Waals surface area contributed by atoms with Crippen LogP contribution in [0.3, 0.4) is 0 Å². The zero-order valence-corrected chi connectivity index (χ0v) is 11.1. The molecule has 0 saturated carbocycles. The summed E-state index contributed by atoms with van der Waals surface area (Å²) >= 11 is 0. The summed E-state index contributed by atoms with van der Waals surface area (Å²) in [5.74, 6) is -1.87. The third-order valence-corrected chi connectivity index (χ3v) is 3.25. The van der Waals surface area contributed by atoms with E-state index in [0.29, 0.717) is 0 Å². The molecule has 0 unspecified atom stereocenters. The number of carboxylic acids is 1. The van der Waals surface area contributed by atoms with Gasteiger partial charge in [-0.3, -0.25) is 9.59 Å². The average Bonchev–Trinajstić information content (AvgIpc) is 2.49. The molecule has 1 heterocycles. The van der Waals surface area contributed by atoms with Crippen LogP contribution in [0.25, 0.3) is 0 Å². The fourth-order valence-corrected chi connectivity index (χ4v) is 2.21. The molecule has 1 saturated heterocycles. The highest BCUT2D eigenvalue weighted by atomic mass is 16.4. The van der Waals surface area contributed by atoms with Crippen molar-refractivity contribution < 1.29 is 19.5 Å². The van der Waals surface area contributed by atoms with E-state index in [9.17, 15) is 19.5 Å². The van der Waals surface area contributed by atoms with Gasteiger partial charge in [0.1, 0.15) is 0 Å². The van der Waals surface area contributed by atoms with Crippen molar-refractivity contribution in [2.75, 3.05) is 4.90 Å². The number of imide groups is 1. The van der Waals surface area contributed by atoms with Gasteiger partial charge in [-0.25, -0.2) is 9.69 Å². The summed E-state index contributed by atoms with van der Waals surface area (Å²) in [5.41, 5.74) is 0.107. The Bertz CT molecular complexity index is 589. The van der Waals surface area contributed by atoms with Gasteiger partial charge in [0.15, 0.2) is 0 Å². The number of aryl methyl sites for hydroxylation is 1. The van der Waals surface area contributed by atoms with Crippen LogP contribution in [0.1, 0.15) is 36.2 Å². The summed E-state index contributed by atoms with van der Waals surface area (Å²) in [7, 11) is 0. The molecule has 0 aliphatic carbocycles. The van der Waals surface area contributed by atoms with Crippen molar-refractivity contribution in [1.82, 2.24) is 0 Å². The molecule has 1 aliphatic heterocycles. The lowest BCUT2D eigenvalue weighted by atomic mass is 9.92. The summed E-state index contributed by atoms with van der Waals surface area (Å²) in [6.45, 7) is 5.12. The Morgan fingerprint density at radius 3 is 2.42 bits per heavy atom. The Kier molecular flexibility index (Phi) is 2.92. The number of carboxylic acid groups (broad SMARTS) is 1. The third-order valence-electron chi connectivity index (χ3n) is 3.25. The number of amides is 2. The van der Waals surface area contributed by atoms with E-state index in [-0.39, 0.29) is 29.5 Å². The van der Waals surface area contributed by atoms with Gasteiger partial charge >= 0.3 is 5.97 Å². The van der Waals surface area contributed by atoms with E-state index < -0.39 is 11.4 Å². The zero-order chi connectivity index (χ0) is 14.4. The highest BCUT2D eigenvalue weighted by molar-refractivity contribution is 6.24. The molecule has 1 aromatic carbocycles. The van der Waals surface area contributed by atoms with Crippen molar-refractivity contribution in [2.24, 2.45) is 5.41 Å². The average molecular weight is 261 g/mol. The third kappa shape index (κ3) is 2.12. The normalized spacial score (nSPS) is 17.9. The predicted octanol–water partition coefficient (Wildman–Crippen LogP) is 1.98. The van der Waals surface area contributed by atoms with Gasteiger partial charge in [0.25, 0.3) is 0 Å². The highest BCUT2D eigenvalue weighted by Crippen LogP contribution is 2.36. The van der Waals surface area contributed by atoms with Crippen molar-refractivity contribution >= 4 is 23.5 Å².